The quantitative estimate of drug-likeness (QED) is 0.901. The molecule has 0 fully saturated rings. The smallest absolute Gasteiger partial charge is 0.271 e. The average Bonchev–Trinajstić information content (AvgIpc) is 2.37. The molecule has 18 heavy (non-hydrogen) atoms. The van der Waals surface area contributed by atoms with Gasteiger partial charge in [0.1, 0.15) is 5.69 Å². The normalized spacial score (nSPS) is 11.5. The van der Waals surface area contributed by atoms with Crippen molar-refractivity contribution in [1.29, 1.82) is 0 Å². The number of carbonyl (C=O) groups excluding carboxylic acids is 1. The van der Waals surface area contributed by atoms with Gasteiger partial charge in [0.2, 0.25) is 0 Å². The number of nitrogens with one attached hydrogen (secondary N) is 1. The Morgan fingerprint density at radius 3 is 2.61 bits per heavy atom. The highest BCUT2D eigenvalue weighted by atomic mass is 16.2. The lowest BCUT2D eigenvalue weighted by Crippen LogP contribution is -2.43. The van der Waals surface area contributed by atoms with E-state index in [1.54, 1.807) is 0 Å². The van der Waals surface area contributed by atoms with Gasteiger partial charge in [0.25, 0.3) is 5.91 Å². The molecule has 4 heteroatoms. The monoisotopic (exact) mass is 243 g/mol. The van der Waals surface area contributed by atoms with Gasteiger partial charge in [-0.05, 0) is 32.4 Å². The van der Waals surface area contributed by atoms with Crippen LogP contribution in [0.2, 0.25) is 0 Å². The molecule has 0 aliphatic carbocycles. The Labute approximate surface area is 106 Å². The van der Waals surface area contributed by atoms with Crippen molar-refractivity contribution in [3.8, 4) is 0 Å². The third-order valence-electron chi connectivity index (χ3n) is 3.02. The van der Waals surface area contributed by atoms with E-state index in [1.165, 1.54) is 6.20 Å². The van der Waals surface area contributed by atoms with Crippen molar-refractivity contribution >= 4 is 16.9 Å². The second kappa shape index (κ2) is 4.72. The number of nitrogens with zero attached hydrogens (tertiary/aromatic N) is 2. The van der Waals surface area contributed by atoms with E-state index in [0.29, 0.717) is 5.69 Å². The van der Waals surface area contributed by atoms with E-state index in [0.717, 1.165) is 17.5 Å². The fraction of sp³-hybridized carbons (Fsp3) is 0.357. The van der Waals surface area contributed by atoms with Crippen LogP contribution in [0.4, 0.5) is 0 Å². The first kappa shape index (κ1) is 12.5. The SMILES string of the molecule is CCC(C)(C)NC(=O)c1cnc2ccccc2n1. The zero-order chi connectivity index (χ0) is 13.2. The molecule has 1 N–H and O–H groups in total. The molecule has 4 nitrogen and oxygen atoms in total. The van der Waals surface area contributed by atoms with Crippen LogP contribution in [0.25, 0.3) is 11.0 Å². The molecule has 0 bridgehead atoms. The number of rotatable bonds is 3. The first-order chi connectivity index (χ1) is 8.52. The number of carbonyl (C=O) groups is 1. The number of hydrogen-bond acceptors (Lipinski definition) is 3. The highest BCUT2D eigenvalue weighted by molar-refractivity contribution is 5.94. The molecule has 0 unspecified atom stereocenters. The summed E-state index contributed by atoms with van der Waals surface area (Å²) < 4.78 is 0. The van der Waals surface area contributed by atoms with Crippen LogP contribution in [0.15, 0.2) is 30.5 Å². The van der Waals surface area contributed by atoms with Gasteiger partial charge in [0.05, 0.1) is 17.2 Å². The lowest BCUT2D eigenvalue weighted by atomic mass is 10.0. The Bertz CT molecular complexity index is 578. The molecule has 0 saturated carbocycles. The summed E-state index contributed by atoms with van der Waals surface area (Å²) in [6.45, 7) is 6.01. The minimum absolute atomic E-state index is 0.180. The minimum Gasteiger partial charge on any atom is -0.346 e. The average molecular weight is 243 g/mol. The van der Waals surface area contributed by atoms with Crippen molar-refractivity contribution in [3.05, 3.63) is 36.2 Å². The first-order valence-corrected chi connectivity index (χ1v) is 6.06. The van der Waals surface area contributed by atoms with Crippen LogP contribution in [-0.2, 0) is 0 Å². The van der Waals surface area contributed by atoms with E-state index in [2.05, 4.69) is 15.3 Å². The molecule has 0 aliphatic rings. The summed E-state index contributed by atoms with van der Waals surface area (Å²) in [5.74, 6) is -0.180. The molecule has 1 amide bonds. The molecule has 2 rings (SSSR count). The van der Waals surface area contributed by atoms with Gasteiger partial charge in [0.15, 0.2) is 0 Å². The third kappa shape index (κ3) is 2.64. The van der Waals surface area contributed by atoms with Gasteiger partial charge in [-0.25, -0.2) is 4.98 Å². The molecular weight excluding hydrogens is 226 g/mol. The largest absolute Gasteiger partial charge is 0.346 e. The summed E-state index contributed by atoms with van der Waals surface area (Å²) in [6, 6.07) is 7.51. The lowest BCUT2D eigenvalue weighted by molar-refractivity contribution is 0.0906. The van der Waals surface area contributed by atoms with Crippen molar-refractivity contribution in [2.75, 3.05) is 0 Å². The molecule has 0 atom stereocenters. The fourth-order valence-electron chi connectivity index (χ4n) is 1.53. The van der Waals surface area contributed by atoms with E-state index >= 15 is 0 Å². The second-order valence-electron chi connectivity index (χ2n) is 4.94. The Hall–Kier alpha value is -1.97. The van der Waals surface area contributed by atoms with Crippen molar-refractivity contribution in [2.45, 2.75) is 32.7 Å². The predicted molar refractivity (Wildman–Crippen MR) is 71.4 cm³/mol. The van der Waals surface area contributed by atoms with Crippen molar-refractivity contribution < 1.29 is 4.79 Å². The molecular formula is C14H17N3O. The summed E-state index contributed by atoms with van der Waals surface area (Å²) in [7, 11) is 0. The highest BCUT2D eigenvalue weighted by Gasteiger charge is 2.19. The van der Waals surface area contributed by atoms with Crippen LogP contribution in [0.5, 0.6) is 0 Å². The summed E-state index contributed by atoms with van der Waals surface area (Å²) >= 11 is 0. The Morgan fingerprint density at radius 1 is 1.28 bits per heavy atom. The van der Waals surface area contributed by atoms with Crippen LogP contribution in [0.1, 0.15) is 37.7 Å². The van der Waals surface area contributed by atoms with Crippen LogP contribution in [0.3, 0.4) is 0 Å². The molecule has 2 aromatic rings. The molecule has 0 radical (unpaired) electrons. The number of benzene rings is 1. The van der Waals surface area contributed by atoms with Crippen molar-refractivity contribution in [1.82, 2.24) is 15.3 Å². The van der Waals surface area contributed by atoms with E-state index in [1.807, 2.05) is 45.0 Å². The van der Waals surface area contributed by atoms with E-state index in [4.69, 9.17) is 0 Å². The predicted octanol–water partition coefficient (Wildman–Crippen LogP) is 2.55. The Kier molecular flexibility index (Phi) is 3.28. The Balaban J connectivity index is 2.28. The lowest BCUT2D eigenvalue weighted by Gasteiger charge is -2.24. The maximum atomic E-state index is 12.0. The first-order valence-electron chi connectivity index (χ1n) is 6.06. The topological polar surface area (TPSA) is 54.9 Å². The molecule has 1 aromatic carbocycles. The van der Waals surface area contributed by atoms with Gasteiger partial charge in [-0.15, -0.1) is 0 Å². The number of amides is 1. The van der Waals surface area contributed by atoms with Crippen molar-refractivity contribution in [3.63, 3.8) is 0 Å². The van der Waals surface area contributed by atoms with Gasteiger partial charge in [-0.2, -0.15) is 0 Å². The van der Waals surface area contributed by atoms with Gasteiger partial charge < -0.3 is 5.32 Å². The van der Waals surface area contributed by atoms with E-state index in [-0.39, 0.29) is 11.4 Å². The highest BCUT2D eigenvalue weighted by Crippen LogP contribution is 2.11. The second-order valence-corrected chi connectivity index (χ2v) is 4.94. The van der Waals surface area contributed by atoms with E-state index < -0.39 is 0 Å². The Morgan fingerprint density at radius 2 is 1.94 bits per heavy atom. The van der Waals surface area contributed by atoms with E-state index in [9.17, 15) is 4.79 Å². The summed E-state index contributed by atoms with van der Waals surface area (Å²) in [4.78, 5) is 20.6. The summed E-state index contributed by atoms with van der Waals surface area (Å²) in [5, 5.41) is 2.95. The zero-order valence-corrected chi connectivity index (χ0v) is 10.9. The number of para-hydroxylation sites is 2. The van der Waals surface area contributed by atoms with Crippen LogP contribution < -0.4 is 5.32 Å². The number of aromatic nitrogens is 2. The summed E-state index contributed by atoms with van der Waals surface area (Å²) in [6.07, 6.45) is 2.38. The van der Waals surface area contributed by atoms with Crippen molar-refractivity contribution in [2.24, 2.45) is 0 Å². The standard InChI is InChI=1S/C14H17N3O/c1-4-14(2,3)17-13(18)12-9-15-10-7-5-6-8-11(10)16-12/h5-9H,4H2,1-3H3,(H,17,18). The molecule has 0 saturated heterocycles. The number of fused-ring (bicyclic) bond motifs is 1. The summed E-state index contributed by atoms with van der Waals surface area (Å²) in [5.41, 5.74) is 1.66. The minimum atomic E-state index is -0.232. The number of hydrogen-bond donors (Lipinski definition) is 1. The van der Waals surface area contributed by atoms with Crippen LogP contribution >= 0.6 is 0 Å². The molecule has 1 heterocycles. The third-order valence-corrected chi connectivity index (χ3v) is 3.02. The van der Waals surface area contributed by atoms with Crippen LogP contribution in [0, 0.1) is 0 Å². The van der Waals surface area contributed by atoms with Gasteiger partial charge >= 0.3 is 0 Å². The molecule has 94 valence electrons. The molecule has 1 aromatic heterocycles. The maximum absolute atomic E-state index is 12.0. The van der Waals surface area contributed by atoms with Crippen LogP contribution in [-0.4, -0.2) is 21.4 Å². The van der Waals surface area contributed by atoms with Gasteiger partial charge in [-0.1, -0.05) is 19.1 Å². The van der Waals surface area contributed by atoms with Gasteiger partial charge in [0, 0.05) is 5.54 Å². The molecule has 0 spiro atoms. The zero-order valence-electron chi connectivity index (χ0n) is 10.9. The molecule has 0 aliphatic heterocycles. The maximum Gasteiger partial charge on any atom is 0.271 e. The van der Waals surface area contributed by atoms with Gasteiger partial charge in [-0.3, -0.25) is 9.78 Å². The fourth-order valence-corrected chi connectivity index (χ4v) is 1.53.